The zero-order chi connectivity index (χ0) is 25.5. The van der Waals surface area contributed by atoms with E-state index in [1.165, 1.54) is 77.0 Å². The lowest BCUT2D eigenvalue weighted by Crippen LogP contribution is -2.43. The molecule has 0 aromatic rings. The van der Waals surface area contributed by atoms with Crippen LogP contribution in [0.25, 0.3) is 0 Å². The Morgan fingerprint density at radius 1 is 0.824 bits per heavy atom. The van der Waals surface area contributed by atoms with Gasteiger partial charge in [0.05, 0.1) is 0 Å². The Balaban J connectivity index is 2.02. The van der Waals surface area contributed by atoms with Gasteiger partial charge in [-0.15, -0.1) is 0 Å². The van der Waals surface area contributed by atoms with Crippen molar-refractivity contribution < 1.29 is 0 Å². The lowest BCUT2D eigenvalue weighted by molar-refractivity contribution is -0.0133. The summed E-state index contributed by atoms with van der Waals surface area (Å²) in [6, 6.07) is 0. The molecule has 2 aliphatic carbocycles. The van der Waals surface area contributed by atoms with Gasteiger partial charge in [0, 0.05) is 0 Å². The molecule has 7 unspecified atom stereocenters. The monoisotopic (exact) mass is 492 g/mol. The first-order valence-electron chi connectivity index (χ1n) is 15.7. The first-order chi connectivity index (χ1) is 16.1. The lowest BCUT2D eigenvalue weighted by atomic mass is 9.54. The number of thiol groups is 1. The van der Waals surface area contributed by atoms with E-state index in [-0.39, 0.29) is 0 Å². The predicted octanol–water partition coefficient (Wildman–Crippen LogP) is 11.0. The molecule has 0 N–H and O–H groups in total. The SMILES string of the molecule is CCCC(C)CC(C)C(C)CCC(CC)C(C(CS)CC1CC1)C1CC(C(C)C(C)(C)CC)C1. The van der Waals surface area contributed by atoms with Gasteiger partial charge >= 0.3 is 0 Å². The lowest BCUT2D eigenvalue weighted by Gasteiger charge is -2.51. The van der Waals surface area contributed by atoms with E-state index in [4.69, 9.17) is 12.6 Å². The Morgan fingerprint density at radius 2 is 1.47 bits per heavy atom. The van der Waals surface area contributed by atoms with Crippen LogP contribution < -0.4 is 0 Å². The Labute approximate surface area is 222 Å². The van der Waals surface area contributed by atoms with Crippen LogP contribution in [0.2, 0.25) is 0 Å². The Bertz CT molecular complexity index is 543. The molecule has 2 rings (SSSR count). The van der Waals surface area contributed by atoms with Crippen molar-refractivity contribution in [2.75, 3.05) is 5.75 Å². The largest absolute Gasteiger partial charge is 0.179 e. The molecule has 2 aliphatic rings. The minimum atomic E-state index is 0.493. The van der Waals surface area contributed by atoms with Crippen molar-refractivity contribution in [3.05, 3.63) is 0 Å². The van der Waals surface area contributed by atoms with Gasteiger partial charge in [-0.1, -0.05) is 107 Å². The van der Waals surface area contributed by atoms with E-state index < -0.39 is 0 Å². The van der Waals surface area contributed by atoms with Crippen LogP contribution >= 0.6 is 12.6 Å². The fourth-order valence-corrected chi connectivity index (χ4v) is 7.98. The van der Waals surface area contributed by atoms with E-state index in [9.17, 15) is 0 Å². The summed E-state index contributed by atoms with van der Waals surface area (Å²) < 4.78 is 0. The third-order valence-electron chi connectivity index (χ3n) is 11.3. The van der Waals surface area contributed by atoms with Gasteiger partial charge in [-0.25, -0.2) is 0 Å². The third-order valence-corrected chi connectivity index (χ3v) is 11.8. The van der Waals surface area contributed by atoms with Gasteiger partial charge in [-0.2, -0.15) is 12.6 Å². The van der Waals surface area contributed by atoms with E-state index in [0.717, 1.165) is 64.9 Å². The summed E-state index contributed by atoms with van der Waals surface area (Å²) in [4.78, 5) is 0. The van der Waals surface area contributed by atoms with Crippen molar-refractivity contribution in [3.8, 4) is 0 Å². The molecule has 2 saturated carbocycles. The van der Waals surface area contributed by atoms with Gasteiger partial charge in [0.15, 0.2) is 0 Å². The summed E-state index contributed by atoms with van der Waals surface area (Å²) in [5.74, 6) is 10.3. The highest BCUT2D eigenvalue weighted by molar-refractivity contribution is 7.80. The first-order valence-corrected chi connectivity index (χ1v) is 16.3. The Kier molecular flexibility index (Phi) is 12.9. The Hall–Kier alpha value is 0.350. The average Bonchev–Trinajstić information content (AvgIpc) is 3.59. The molecule has 0 nitrogen and oxygen atoms in total. The Morgan fingerprint density at radius 3 is 1.97 bits per heavy atom. The summed E-state index contributed by atoms with van der Waals surface area (Å²) in [7, 11) is 0. The summed E-state index contributed by atoms with van der Waals surface area (Å²) in [5, 5.41) is 0. The maximum atomic E-state index is 4.97. The molecule has 0 saturated heterocycles. The molecule has 0 spiro atoms. The molecule has 202 valence electrons. The minimum absolute atomic E-state index is 0.493. The van der Waals surface area contributed by atoms with Gasteiger partial charge in [-0.05, 0) is 102 Å². The van der Waals surface area contributed by atoms with E-state index >= 15 is 0 Å². The molecule has 34 heavy (non-hydrogen) atoms. The predicted molar refractivity (Wildman–Crippen MR) is 158 cm³/mol. The molecular weight excluding hydrogens is 428 g/mol. The molecule has 0 bridgehead atoms. The second-order valence-corrected chi connectivity index (χ2v) is 14.5. The fourth-order valence-electron chi connectivity index (χ4n) is 7.59. The maximum Gasteiger partial charge on any atom is -0.00665 e. The number of hydrogen-bond acceptors (Lipinski definition) is 1. The average molecular weight is 493 g/mol. The van der Waals surface area contributed by atoms with Crippen LogP contribution in [0.5, 0.6) is 0 Å². The molecular formula is C33H64S. The zero-order valence-electron chi connectivity index (χ0n) is 24.9. The van der Waals surface area contributed by atoms with E-state index in [0.29, 0.717) is 5.41 Å². The van der Waals surface area contributed by atoms with Crippen LogP contribution in [0.15, 0.2) is 0 Å². The summed E-state index contributed by atoms with van der Waals surface area (Å²) in [6.45, 7) is 22.4. The molecule has 7 atom stereocenters. The van der Waals surface area contributed by atoms with Gasteiger partial charge < -0.3 is 0 Å². The van der Waals surface area contributed by atoms with Gasteiger partial charge in [0.2, 0.25) is 0 Å². The van der Waals surface area contributed by atoms with Crippen molar-refractivity contribution in [1.29, 1.82) is 0 Å². The molecule has 0 aliphatic heterocycles. The quantitative estimate of drug-likeness (QED) is 0.181. The molecule has 0 amide bonds. The minimum Gasteiger partial charge on any atom is -0.179 e. The maximum absolute atomic E-state index is 4.97. The third kappa shape index (κ3) is 8.73. The van der Waals surface area contributed by atoms with E-state index in [1.807, 2.05) is 0 Å². The summed E-state index contributed by atoms with van der Waals surface area (Å²) >= 11 is 4.97. The highest BCUT2D eigenvalue weighted by Gasteiger charge is 2.46. The van der Waals surface area contributed by atoms with Gasteiger partial charge in [-0.3, -0.25) is 0 Å². The zero-order valence-corrected chi connectivity index (χ0v) is 25.8. The molecule has 1 heteroatoms. The van der Waals surface area contributed by atoms with Crippen molar-refractivity contribution in [1.82, 2.24) is 0 Å². The van der Waals surface area contributed by atoms with Crippen LogP contribution in [-0.2, 0) is 0 Å². The van der Waals surface area contributed by atoms with Crippen LogP contribution in [0.1, 0.15) is 139 Å². The van der Waals surface area contributed by atoms with Crippen molar-refractivity contribution in [2.45, 2.75) is 139 Å². The molecule has 0 aromatic heterocycles. The molecule has 2 fully saturated rings. The molecule has 0 aromatic carbocycles. The van der Waals surface area contributed by atoms with Crippen molar-refractivity contribution in [3.63, 3.8) is 0 Å². The van der Waals surface area contributed by atoms with Crippen molar-refractivity contribution in [2.24, 2.45) is 64.6 Å². The topological polar surface area (TPSA) is 0 Å². The fraction of sp³-hybridized carbons (Fsp3) is 1.00. The number of hydrogen-bond donors (Lipinski definition) is 1. The van der Waals surface area contributed by atoms with Crippen LogP contribution in [0, 0.1) is 64.6 Å². The number of rotatable bonds is 18. The highest BCUT2D eigenvalue weighted by atomic mass is 32.1. The van der Waals surface area contributed by atoms with Gasteiger partial charge in [0.25, 0.3) is 0 Å². The van der Waals surface area contributed by atoms with Crippen LogP contribution in [0.4, 0.5) is 0 Å². The molecule has 0 heterocycles. The van der Waals surface area contributed by atoms with Crippen LogP contribution in [0.3, 0.4) is 0 Å². The highest BCUT2D eigenvalue weighted by Crippen LogP contribution is 2.54. The van der Waals surface area contributed by atoms with E-state index in [2.05, 4.69) is 62.3 Å². The van der Waals surface area contributed by atoms with Gasteiger partial charge in [0.1, 0.15) is 0 Å². The van der Waals surface area contributed by atoms with E-state index in [1.54, 1.807) is 0 Å². The summed E-state index contributed by atoms with van der Waals surface area (Å²) in [6.07, 6.45) is 17.2. The first kappa shape index (κ1) is 30.6. The smallest absolute Gasteiger partial charge is 0.00665 e. The van der Waals surface area contributed by atoms with Crippen molar-refractivity contribution >= 4 is 12.6 Å². The standard InChI is InChI=1S/C33H64S/c1-10-13-23(4)18-25(6)24(5)14-17-28(11-2)32(31(22-34)19-27-15-16-27)30-20-29(21-30)26(7)33(8,9)12-3/h23-32,34H,10-22H2,1-9H3. The summed E-state index contributed by atoms with van der Waals surface area (Å²) in [5.41, 5.74) is 0.493. The molecule has 0 radical (unpaired) electrons. The van der Waals surface area contributed by atoms with Crippen LogP contribution in [-0.4, -0.2) is 5.75 Å². The second-order valence-electron chi connectivity index (χ2n) is 14.2. The normalized spacial score (nSPS) is 27.4. The second kappa shape index (κ2) is 14.3.